The van der Waals surface area contributed by atoms with Crippen LogP contribution in [0, 0.1) is 30.6 Å². The molecule has 0 saturated carbocycles. The van der Waals surface area contributed by atoms with E-state index in [2.05, 4.69) is 44.1 Å². The zero-order chi connectivity index (χ0) is 39.7. The molecule has 5 nitrogen and oxygen atoms in total. The van der Waals surface area contributed by atoms with Crippen LogP contribution >= 0.6 is 0 Å². The fraction of sp³-hybridized carbons (Fsp3) is 0.444. The minimum atomic E-state index is -3.69. The number of carbonyl (C=O) groups is 1. The Morgan fingerprint density at radius 2 is 1.11 bits per heavy atom. The maximum Gasteiger partial charge on any atom is 0.426 e. The van der Waals surface area contributed by atoms with Crippen molar-refractivity contribution in [3.05, 3.63) is 96.1 Å². The lowest BCUT2D eigenvalue weighted by atomic mass is 10.1. The van der Waals surface area contributed by atoms with Crippen LogP contribution in [-0.4, -0.2) is 19.0 Å². The third-order valence-corrected chi connectivity index (χ3v) is 7.79. The molecule has 0 aliphatic rings. The summed E-state index contributed by atoms with van der Waals surface area (Å²) in [4.78, 5) is 11.3. The zero-order valence-corrected chi connectivity index (χ0v) is 32.1. The van der Waals surface area contributed by atoms with Crippen molar-refractivity contribution in [1.82, 2.24) is 0 Å². The summed E-state index contributed by atoms with van der Waals surface area (Å²) in [6.07, 6.45) is 3.96. The molecule has 0 fully saturated rings. The largest absolute Gasteiger partial charge is 0.494 e. The molecule has 0 amide bonds. The van der Waals surface area contributed by atoms with Gasteiger partial charge >= 0.3 is 12.2 Å². The number of rotatable bonds is 21. The summed E-state index contributed by atoms with van der Waals surface area (Å²) in [5, 5.41) is 0. The number of hydrogen-bond donors (Lipinski definition) is 0. The molecule has 0 radical (unpaired) electrons. The highest BCUT2D eigenvalue weighted by atomic mass is 19.3. The van der Waals surface area contributed by atoms with Gasteiger partial charge in [0.05, 0.1) is 24.3 Å². The van der Waals surface area contributed by atoms with Gasteiger partial charge < -0.3 is 18.9 Å². The maximum atomic E-state index is 15.0. The molecule has 0 aliphatic heterocycles. The number of alkyl halides is 4. The minimum absolute atomic E-state index is 0.179. The predicted octanol–water partition coefficient (Wildman–Crippen LogP) is 12.5. The molecule has 0 bridgehead atoms. The Bertz CT molecular complexity index is 1660. The molecule has 0 saturated heterocycles. The van der Waals surface area contributed by atoms with Crippen molar-refractivity contribution in [2.75, 3.05) is 13.2 Å². The zero-order valence-electron chi connectivity index (χ0n) is 32.1. The summed E-state index contributed by atoms with van der Waals surface area (Å²) in [5.74, 6) is 13.0. The standard InChI is InChI=1S/C41H46F4O5.C4H8/c1-4-6-7-8-10-13-16-29-48-37-25-21-34(22-26-37)41(44,45)50-39-28-27-38(31-32(39)3)49-40(42,43)33-19-23-36(24-20-33)47-30-17-14-11-9-12-15-18-35(46)5-2;1-3-4-2/h19-28,31H,4-7,12-18,29-30H2,1-3H3;3H,1,4H2,2H3. The molecule has 0 aliphatic carbocycles. The normalized spacial score (nSPS) is 10.7. The number of hydrogen-bond acceptors (Lipinski definition) is 5. The number of aryl methyl sites for hydroxylation is 1. The lowest BCUT2D eigenvalue weighted by molar-refractivity contribution is -0.188. The van der Waals surface area contributed by atoms with Gasteiger partial charge in [-0.2, -0.15) is 17.6 Å². The number of carbonyl (C=O) groups excluding carboxylic acids is 1. The lowest BCUT2D eigenvalue weighted by Gasteiger charge is -2.22. The highest BCUT2D eigenvalue weighted by Crippen LogP contribution is 2.37. The first-order valence-electron chi connectivity index (χ1n) is 18.7. The highest BCUT2D eigenvalue weighted by molar-refractivity contribution is 5.77. The Hall–Kier alpha value is -4.89. The Labute approximate surface area is 319 Å². The van der Waals surface area contributed by atoms with Gasteiger partial charge in [-0.1, -0.05) is 33.3 Å². The van der Waals surface area contributed by atoms with E-state index in [4.69, 9.17) is 18.9 Å². The van der Waals surface area contributed by atoms with E-state index in [1.807, 2.05) is 13.0 Å². The summed E-state index contributed by atoms with van der Waals surface area (Å²) < 4.78 is 81.2. The summed E-state index contributed by atoms with van der Waals surface area (Å²) in [6, 6.07) is 14.2. The van der Waals surface area contributed by atoms with E-state index in [9.17, 15) is 13.6 Å². The van der Waals surface area contributed by atoms with Crippen LogP contribution in [-0.2, 0) is 17.0 Å². The van der Waals surface area contributed by atoms with Gasteiger partial charge in [0.2, 0.25) is 0 Å². The SMILES string of the molecule is C=CCC.CCCCC#CCCCOc1ccc(C(F)(F)Oc2ccc(OC(F)(F)c3ccc(OCCCC#CCCCC(=O)CC)cc3)cc2C)cc1. The van der Waals surface area contributed by atoms with Crippen molar-refractivity contribution in [3.8, 4) is 46.7 Å². The lowest BCUT2D eigenvalue weighted by Crippen LogP contribution is -2.23. The van der Waals surface area contributed by atoms with Crippen molar-refractivity contribution in [1.29, 1.82) is 0 Å². The van der Waals surface area contributed by atoms with Crippen LogP contribution in [0.3, 0.4) is 0 Å². The van der Waals surface area contributed by atoms with Crippen molar-refractivity contribution in [3.63, 3.8) is 0 Å². The number of ether oxygens (including phenoxy) is 4. The second-order valence-corrected chi connectivity index (χ2v) is 12.4. The van der Waals surface area contributed by atoms with Crippen LogP contribution in [0.2, 0.25) is 0 Å². The Morgan fingerprint density at radius 1 is 0.667 bits per heavy atom. The fourth-order valence-corrected chi connectivity index (χ4v) is 4.56. The molecule has 9 heteroatoms. The Kier molecular flexibility index (Phi) is 21.1. The molecule has 3 aromatic carbocycles. The predicted molar refractivity (Wildman–Crippen MR) is 207 cm³/mol. The second kappa shape index (κ2) is 25.2. The van der Waals surface area contributed by atoms with Gasteiger partial charge in [0, 0.05) is 38.5 Å². The van der Waals surface area contributed by atoms with Gasteiger partial charge in [0.1, 0.15) is 28.8 Å². The van der Waals surface area contributed by atoms with Gasteiger partial charge in [-0.25, -0.2) is 0 Å². The van der Waals surface area contributed by atoms with Gasteiger partial charge in [-0.05, 0) is 111 Å². The third-order valence-electron chi connectivity index (χ3n) is 7.79. The number of allylic oxidation sites excluding steroid dienone is 1. The molecule has 0 heterocycles. The molecule has 0 spiro atoms. The first-order valence-corrected chi connectivity index (χ1v) is 18.7. The number of halogens is 4. The van der Waals surface area contributed by atoms with E-state index in [-0.39, 0.29) is 28.4 Å². The summed E-state index contributed by atoms with van der Waals surface area (Å²) in [6.45, 7) is 11.8. The smallest absolute Gasteiger partial charge is 0.426 e. The minimum Gasteiger partial charge on any atom is -0.494 e. The van der Waals surface area contributed by atoms with E-state index in [0.717, 1.165) is 44.6 Å². The molecule has 0 aromatic heterocycles. The summed E-state index contributed by atoms with van der Waals surface area (Å²) >= 11 is 0. The van der Waals surface area contributed by atoms with Crippen molar-refractivity contribution in [2.24, 2.45) is 0 Å². The van der Waals surface area contributed by atoms with E-state index in [1.165, 1.54) is 67.6 Å². The van der Waals surface area contributed by atoms with Crippen molar-refractivity contribution < 1.29 is 41.3 Å². The van der Waals surface area contributed by atoms with E-state index in [0.29, 0.717) is 63.2 Å². The van der Waals surface area contributed by atoms with E-state index >= 15 is 8.78 Å². The molecule has 0 unspecified atom stereocenters. The topological polar surface area (TPSA) is 54.0 Å². The summed E-state index contributed by atoms with van der Waals surface area (Å²) in [5.41, 5.74) is -0.590. The summed E-state index contributed by atoms with van der Waals surface area (Å²) in [7, 11) is 0. The quantitative estimate of drug-likeness (QED) is 0.0470. The maximum absolute atomic E-state index is 15.0. The van der Waals surface area contributed by atoms with Crippen molar-refractivity contribution >= 4 is 5.78 Å². The van der Waals surface area contributed by atoms with Crippen LogP contribution in [0.1, 0.15) is 115 Å². The molecule has 0 N–H and O–H groups in total. The fourth-order valence-electron chi connectivity index (χ4n) is 4.56. The first kappa shape index (κ1) is 45.3. The third kappa shape index (κ3) is 17.8. The molecule has 3 rings (SSSR count). The van der Waals surface area contributed by atoms with Gasteiger partial charge in [0.15, 0.2) is 0 Å². The van der Waals surface area contributed by atoms with Crippen LogP contribution in [0.4, 0.5) is 17.6 Å². The molecule has 0 atom stereocenters. The van der Waals surface area contributed by atoms with Crippen LogP contribution in [0.25, 0.3) is 0 Å². The molecular formula is C45H54F4O5. The second-order valence-electron chi connectivity index (χ2n) is 12.4. The molecule has 3 aromatic rings. The van der Waals surface area contributed by atoms with Crippen LogP contribution < -0.4 is 18.9 Å². The number of ketones is 1. The van der Waals surface area contributed by atoms with Crippen LogP contribution in [0.5, 0.6) is 23.0 Å². The van der Waals surface area contributed by atoms with Crippen molar-refractivity contribution in [2.45, 2.75) is 117 Å². The monoisotopic (exact) mass is 750 g/mol. The first-order chi connectivity index (χ1) is 25.9. The van der Waals surface area contributed by atoms with Crippen LogP contribution in [0.15, 0.2) is 79.4 Å². The van der Waals surface area contributed by atoms with E-state index in [1.54, 1.807) is 0 Å². The Balaban J connectivity index is 0.00000239. The number of unbranched alkanes of at least 4 members (excludes halogenated alkanes) is 5. The molecular weight excluding hydrogens is 696 g/mol. The number of Topliss-reactive ketones (excluding diaryl/α,β-unsaturated/α-hetero) is 1. The average Bonchev–Trinajstić information content (AvgIpc) is 3.16. The van der Waals surface area contributed by atoms with Gasteiger partial charge in [0.25, 0.3) is 0 Å². The number of benzene rings is 3. The van der Waals surface area contributed by atoms with Gasteiger partial charge in [-0.3, -0.25) is 4.79 Å². The molecule has 292 valence electrons. The molecule has 54 heavy (non-hydrogen) atoms. The Morgan fingerprint density at radius 3 is 1.56 bits per heavy atom. The van der Waals surface area contributed by atoms with Gasteiger partial charge in [-0.15, -0.1) is 30.3 Å². The van der Waals surface area contributed by atoms with E-state index < -0.39 is 17.8 Å². The average molecular weight is 751 g/mol. The highest BCUT2D eigenvalue weighted by Gasteiger charge is 2.36.